The molecule has 1 unspecified atom stereocenters. The lowest BCUT2D eigenvalue weighted by atomic mass is 9.90. The van der Waals surface area contributed by atoms with Crippen LogP contribution in [0.1, 0.15) is 18.5 Å². The Labute approximate surface area is 150 Å². The lowest BCUT2D eigenvalue weighted by Crippen LogP contribution is -2.57. The van der Waals surface area contributed by atoms with Gasteiger partial charge in [0.05, 0.1) is 19.3 Å². The molecule has 1 aromatic heterocycles. The number of aromatic nitrogens is 1. The van der Waals surface area contributed by atoms with Crippen LogP contribution in [0.15, 0.2) is 34.9 Å². The number of nitrogens with one attached hydrogen (secondary N) is 2. The number of imide groups is 1. The quantitative estimate of drug-likeness (QED) is 0.807. The first-order valence-corrected chi connectivity index (χ1v) is 8.55. The largest absolute Gasteiger partial charge is 0.497 e. The Hall–Kier alpha value is -2.87. The maximum atomic E-state index is 12.8. The van der Waals surface area contributed by atoms with Gasteiger partial charge >= 0.3 is 6.03 Å². The number of hydrogen-bond acceptors (Lipinski definition) is 6. The van der Waals surface area contributed by atoms with Gasteiger partial charge in [-0.25, -0.2) is 9.78 Å². The molecule has 2 N–H and O–H groups in total. The summed E-state index contributed by atoms with van der Waals surface area (Å²) >= 11 is 0. The molecule has 2 aliphatic heterocycles. The van der Waals surface area contributed by atoms with Crippen molar-refractivity contribution in [2.45, 2.75) is 24.9 Å². The Balaban J connectivity index is 1.52. The van der Waals surface area contributed by atoms with E-state index < -0.39 is 5.54 Å². The first-order chi connectivity index (χ1) is 12.6. The second-order valence-corrected chi connectivity index (χ2v) is 6.56. The topological polar surface area (TPSA) is 96.7 Å². The van der Waals surface area contributed by atoms with Crippen LogP contribution in [0.5, 0.6) is 5.75 Å². The molecular formula is C18H20N4O4. The highest BCUT2D eigenvalue weighted by Gasteiger charge is 2.51. The SMILES string of the molecule is COc1cccc(-c2nc(CN3C(=O)NC4(CCCNC4)C3=O)co2)c1. The fourth-order valence-corrected chi connectivity index (χ4v) is 3.44. The van der Waals surface area contributed by atoms with Gasteiger partial charge in [-0.3, -0.25) is 9.69 Å². The number of hydrogen-bond donors (Lipinski definition) is 2. The third-order valence-electron chi connectivity index (χ3n) is 4.82. The number of rotatable bonds is 4. The number of benzene rings is 1. The Bertz CT molecular complexity index is 841. The van der Waals surface area contributed by atoms with Gasteiger partial charge in [-0.05, 0) is 37.6 Å². The lowest BCUT2D eigenvalue weighted by Gasteiger charge is -2.31. The third kappa shape index (κ3) is 2.82. The van der Waals surface area contributed by atoms with E-state index in [1.165, 1.54) is 11.2 Å². The fraction of sp³-hybridized carbons (Fsp3) is 0.389. The van der Waals surface area contributed by atoms with E-state index in [0.29, 0.717) is 30.3 Å². The zero-order chi connectivity index (χ0) is 18.1. The molecule has 2 aromatic rings. The molecule has 136 valence electrons. The van der Waals surface area contributed by atoms with Gasteiger partial charge in [0.15, 0.2) is 0 Å². The molecule has 4 rings (SSSR count). The molecule has 26 heavy (non-hydrogen) atoms. The first kappa shape index (κ1) is 16.6. The van der Waals surface area contributed by atoms with Crippen LogP contribution in [-0.4, -0.2) is 47.6 Å². The van der Waals surface area contributed by atoms with E-state index in [2.05, 4.69) is 15.6 Å². The molecule has 3 amide bonds. The highest BCUT2D eigenvalue weighted by atomic mass is 16.5. The molecule has 1 aromatic carbocycles. The lowest BCUT2D eigenvalue weighted by molar-refractivity contribution is -0.132. The van der Waals surface area contributed by atoms with Gasteiger partial charge in [-0.15, -0.1) is 0 Å². The highest BCUT2D eigenvalue weighted by Crippen LogP contribution is 2.27. The van der Waals surface area contributed by atoms with Crippen molar-refractivity contribution in [2.24, 2.45) is 0 Å². The van der Waals surface area contributed by atoms with Gasteiger partial charge in [0.25, 0.3) is 5.91 Å². The van der Waals surface area contributed by atoms with E-state index in [1.807, 2.05) is 24.3 Å². The smallest absolute Gasteiger partial charge is 0.325 e. The fourth-order valence-electron chi connectivity index (χ4n) is 3.44. The van der Waals surface area contributed by atoms with Gasteiger partial charge in [-0.2, -0.15) is 0 Å². The van der Waals surface area contributed by atoms with E-state index in [9.17, 15) is 9.59 Å². The second kappa shape index (κ2) is 6.45. The van der Waals surface area contributed by atoms with Crippen LogP contribution < -0.4 is 15.4 Å². The van der Waals surface area contributed by atoms with Crippen molar-refractivity contribution in [2.75, 3.05) is 20.2 Å². The summed E-state index contributed by atoms with van der Waals surface area (Å²) in [7, 11) is 1.59. The Morgan fingerprint density at radius 3 is 3.04 bits per heavy atom. The van der Waals surface area contributed by atoms with Gasteiger partial charge in [0, 0.05) is 12.1 Å². The molecule has 3 heterocycles. The van der Waals surface area contributed by atoms with Gasteiger partial charge in [0.1, 0.15) is 17.6 Å². The number of ether oxygens (including phenoxy) is 1. The molecular weight excluding hydrogens is 336 g/mol. The Morgan fingerprint density at radius 2 is 2.27 bits per heavy atom. The second-order valence-electron chi connectivity index (χ2n) is 6.56. The van der Waals surface area contributed by atoms with Crippen molar-refractivity contribution >= 4 is 11.9 Å². The molecule has 2 fully saturated rings. The molecule has 2 aliphatic rings. The summed E-state index contributed by atoms with van der Waals surface area (Å²) in [5, 5.41) is 6.02. The number of methoxy groups -OCH3 is 1. The molecule has 8 nitrogen and oxygen atoms in total. The van der Waals surface area contributed by atoms with Crippen LogP contribution in [0.3, 0.4) is 0 Å². The van der Waals surface area contributed by atoms with Crippen LogP contribution in [0, 0.1) is 0 Å². The van der Waals surface area contributed by atoms with Crippen molar-refractivity contribution in [3.05, 3.63) is 36.2 Å². The molecule has 0 saturated carbocycles. The van der Waals surface area contributed by atoms with Gasteiger partial charge < -0.3 is 19.8 Å². The van der Waals surface area contributed by atoms with Crippen molar-refractivity contribution in [3.8, 4) is 17.2 Å². The number of oxazole rings is 1. The highest BCUT2D eigenvalue weighted by molar-refractivity contribution is 6.07. The molecule has 1 atom stereocenters. The predicted molar refractivity (Wildman–Crippen MR) is 92.4 cm³/mol. The number of urea groups is 1. The average molecular weight is 356 g/mol. The van der Waals surface area contributed by atoms with E-state index in [4.69, 9.17) is 9.15 Å². The van der Waals surface area contributed by atoms with Crippen molar-refractivity contribution in [3.63, 3.8) is 0 Å². The summed E-state index contributed by atoms with van der Waals surface area (Å²) in [6.07, 6.45) is 2.97. The maximum Gasteiger partial charge on any atom is 0.325 e. The predicted octanol–water partition coefficient (Wildman–Crippen LogP) is 1.52. The molecule has 0 aliphatic carbocycles. The van der Waals surface area contributed by atoms with Gasteiger partial charge in [0.2, 0.25) is 5.89 Å². The van der Waals surface area contributed by atoms with E-state index >= 15 is 0 Å². The summed E-state index contributed by atoms with van der Waals surface area (Å²) < 4.78 is 10.7. The number of carbonyl (C=O) groups excluding carboxylic acids is 2. The average Bonchev–Trinajstić information content (AvgIpc) is 3.22. The maximum absolute atomic E-state index is 12.8. The number of amides is 3. The zero-order valence-electron chi connectivity index (χ0n) is 14.4. The van der Waals surface area contributed by atoms with Crippen LogP contribution in [0.4, 0.5) is 4.79 Å². The summed E-state index contributed by atoms with van der Waals surface area (Å²) in [6.45, 7) is 1.40. The number of piperidine rings is 1. The van der Waals surface area contributed by atoms with Crippen LogP contribution in [0.25, 0.3) is 11.5 Å². The van der Waals surface area contributed by atoms with E-state index in [0.717, 1.165) is 18.5 Å². The Morgan fingerprint density at radius 1 is 1.38 bits per heavy atom. The molecule has 8 heteroatoms. The van der Waals surface area contributed by atoms with Crippen molar-refractivity contribution in [1.82, 2.24) is 20.5 Å². The normalized spacial score (nSPS) is 22.7. The molecule has 2 saturated heterocycles. The van der Waals surface area contributed by atoms with E-state index in [-0.39, 0.29) is 18.5 Å². The van der Waals surface area contributed by atoms with E-state index in [1.54, 1.807) is 7.11 Å². The standard InChI is InChI=1S/C18H20N4O4/c1-25-14-5-2-4-12(8-14)15-20-13(10-26-15)9-22-16(23)18(21-17(22)24)6-3-7-19-11-18/h2,4-5,8,10,19H,3,6-7,9,11H2,1H3,(H,21,24). The third-order valence-corrected chi connectivity index (χ3v) is 4.82. The number of nitrogens with zero attached hydrogens (tertiary/aromatic N) is 2. The minimum absolute atomic E-state index is 0.0832. The van der Waals surface area contributed by atoms with Crippen LogP contribution >= 0.6 is 0 Å². The summed E-state index contributed by atoms with van der Waals surface area (Å²) in [4.78, 5) is 30.7. The summed E-state index contributed by atoms with van der Waals surface area (Å²) in [6, 6.07) is 6.96. The molecule has 0 bridgehead atoms. The van der Waals surface area contributed by atoms with Gasteiger partial charge in [-0.1, -0.05) is 6.07 Å². The monoisotopic (exact) mass is 356 g/mol. The minimum atomic E-state index is -0.825. The van der Waals surface area contributed by atoms with Crippen molar-refractivity contribution in [1.29, 1.82) is 0 Å². The molecule has 1 spiro atoms. The minimum Gasteiger partial charge on any atom is -0.497 e. The summed E-state index contributed by atoms with van der Waals surface area (Å²) in [5.41, 5.74) is 0.460. The van der Waals surface area contributed by atoms with Crippen LogP contribution in [-0.2, 0) is 11.3 Å². The summed E-state index contributed by atoms with van der Waals surface area (Å²) in [5.74, 6) is 0.906. The zero-order valence-corrected chi connectivity index (χ0v) is 14.4. The molecule has 0 radical (unpaired) electrons. The Kier molecular flexibility index (Phi) is 4.12. The number of carbonyl (C=O) groups is 2. The van der Waals surface area contributed by atoms with Crippen molar-refractivity contribution < 1.29 is 18.7 Å². The van der Waals surface area contributed by atoms with Crippen LogP contribution in [0.2, 0.25) is 0 Å². The first-order valence-electron chi connectivity index (χ1n) is 8.55.